The summed E-state index contributed by atoms with van der Waals surface area (Å²) >= 11 is 0. The number of benzene rings is 1. The SMILES string of the molecule is OCOn1nnc2ccccc21. The van der Waals surface area contributed by atoms with Gasteiger partial charge in [-0.25, -0.2) is 0 Å². The van der Waals surface area contributed by atoms with Crippen LogP contribution >= 0.6 is 0 Å². The Hall–Kier alpha value is -1.62. The quantitative estimate of drug-likeness (QED) is 0.626. The summed E-state index contributed by atoms with van der Waals surface area (Å²) in [6, 6.07) is 7.34. The maximum atomic E-state index is 8.49. The molecular formula is C7H7N3O2. The maximum absolute atomic E-state index is 8.49. The molecule has 5 heteroatoms. The minimum absolute atomic E-state index is 0.409. The summed E-state index contributed by atoms with van der Waals surface area (Å²) in [6.07, 6.45) is 0. The number of para-hydroxylation sites is 1. The second-order valence-electron chi connectivity index (χ2n) is 2.21. The zero-order valence-electron chi connectivity index (χ0n) is 6.21. The van der Waals surface area contributed by atoms with E-state index in [0.29, 0.717) is 0 Å². The van der Waals surface area contributed by atoms with E-state index in [1.54, 1.807) is 0 Å². The van der Waals surface area contributed by atoms with Gasteiger partial charge in [-0.1, -0.05) is 17.0 Å². The Kier molecular flexibility index (Phi) is 1.64. The predicted octanol–water partition coefficient (Wildman–Crippen LogP) is -0.190. The molecule has 0 atom stereocenters. The van der Waals surface area contributed by atoms with E-state index in [0.717, 1.165) is 11.0 Å². The second kappa shape index (κ2) is 2.78. The van der Waals surface area contributed by atoms with Crippen molar-refractivity contribution in [1.29, 1.82) is 0 Å². The lowest BCUT2D eigenvalue weighted by molar-refractivity contribution is -0.0238. The number of fused-ring (bicyclic) bond motifs is 1. The molecule has 62 valence electrons. The topological polar surface area (TPSA) is 60.2 Å². The Bertz CT molecular complexity index is 385. The molecule has 1 heterocycles. The third-order valence-electron chi connectivity index (χ3n) is 1.50. The van der Waals surface area contributed by atoms with Gasteiger partial charge < -0.3 is 9.94 Å². The number of aliphatic hydroxyl groups excluding tert-OH is 1. The van der Waals surface area contributed by atoms with Crippen LogP contribution < -0.4 is 4.84 Å². The molecule has 0 saturated heterocycles. The van der Waals surface area contributed by atoms with Crippen molar-refractivity contribution in [3.05, 3.63) is 24.3 Å². The number of rotatable bonds is 2. The molecule has 0 fully saturated rings. The molecule has 2 rings (SSSR count). The van der Waals surface area contributed by atoms with Crippen molar-refractivity contribution in [2.75, 3.05) is 6.79 Å². The zero-order valence-corrected chi connectivity index (χ0v) is 6.21. The third-order valence-corrected chi connectivity index (χ3v) is 1.50. The molecule has 0 aliphatic rings. The van der Waals surface area contributed by atoms with E-state index in [1.165, 1.54) is 4.85 Å². The number of aliphatic hydroxyl groups is 1. The summed E-state index contributed by atoms with van der Waals surface area (Å²) in [7, 11) is 0. The molecule has 1 aromatic carbocycles. The highest BCUT2D eigenvalue weighted by Crippen LogP contribution is 2.07. The van der Waals surface area contributed by atoms with Crippen LogP contribution in [0.25, 0.3) is 11.0 Å². The van der Waals surface area contributed by atoms with E-state index in [4.69, 9.17) is 9.94 Å². The minimum atomic E-state index is -0.409. The average Bonchev–Trinajstić information content (AvgIpc) is 2.50. The molecule has 0 amide bonds. The minimum Gasteiger partial charge on any atom is -0.366 e. The van der Waals surface area contributed by atoms with Crippen molar-refractivity contribution in [1.82, 2.24) is 15.2 Å². The monoisotopic (exact) mass is 165 g/mol. The van der Waals surface area contributed by atoms with Crippen LogP contribution in [0, 0.1) is 0 Å². The highest BCUT2D eigenvalue weighted by atomic mass is 16.7. The van der Waals surface area contributed by atoms with E-state index < -0.39 is 6.79 Å². The molecule has 0 radical (unpaired) electrons. The molecule has 0 unspecified atom stereocenters. The normalized spacial score (nSPS) is 10.4. The number of aromatic nitrogens is 3. The van der Waals surface area contributed by atoms with Gasteiger partial charge in [-0.15, -0.1) is 5.10 Å². The Balaban J connectivity index is 2.55. The molecule has 0 saturated carbocycles. The molecule has 5 nitrogen and oxygen atoms in total. The Morgan fingerprint density at radius 1 is 1.42 bits per heavy atom. The zero-order chi connectivity index (χ0) is 8.39. The maximum Gasteiger partial charge on any atom is 0.214 e. The van der Waals surface area contributed by atoms with Crippen molar-refractivity contribution >= 4 is 11.0 Å². The van der Waals surface area contributed by atoms with Crippen molar-refractivity contribution in [2.24, 2.45) is 0 Å². The van der Waals surface area contributed by atoms with Crippen LogP contribution in [0.3, 0.4) is 0 Å². The predicted molar refractivity (Wildman–Crippen MR) is 41.2 cm³/mol. The van der Waals surface area contributed by atoms with Gasteiger partial charge in [0.05, 0.1) is 0 Å². The van der Waals surface area contributed by atoms with Gasteiger partial charge in [0.15, 0.2) is 0 Å². The highest BCUT2D eigenvalue weighted by molar-refractivity contribution is 5.73. The van der Waals surface area contributed by atoms with Crippen LogP contribution in [0.4, 0.5) is 0 Å². The molecule has 0 aliphatic heterocycles. The molecule has 0 bridgehead atoms. The summed E-state index contributed by atoms with van der Waals surface area (Å²) in [5.74, 6) is 0. The molecule has 1 N–H and O–H groups in total. The summed E-state index contributed by atoms with van der Waals surface area (Å²) in [5, 5.41) is 16.0. The van der Waals surface area contributed by atoms with Gasteiger partial charge in [0.1, 0.15) is 11.0 Å². The summed E-state index contributed by atoms with van der Waals surface area (Å²) in [5.41, 5.74) is 1.48. The van der Waals surface area contributed by atoms with Crippen LogP contribution in [-0.2, 0) is 0 Å². The van der Waals surface area contributed by atoms with Crippen molar-refractivity contribution in [2.45, 2.75) is 0 Å². The van der Waals surface area contributed by atoms with E-state index in [2.05, 4.69) is 10.3 Å². The third kappa shape index (κ3) is 0.998. The first-order valence-electron chi connectivity index (χ1n) is 3.46. The van der Waals surface area contributed by atoms with Crippen molar-refractivity contribution < 1.29 is 9.94 Å². The van der Waals surface area contributed by atoms with Gasteiger partial charge in [-0.05, 0) is 17.3 Å². The smallest absolute Gasteiger partial charge is 0.214 e. The standard InChI is InChI=1S/C7H7N3O2/c11-5-12-10-7-4-2-1-3-6(7)8-9-10/h1-4,11H,5H2. The number of hydrogen-bond donors (Lipinski definition) is 1. The average molecular weight is 165 g/mol. The van der Waals surface area contributed by atoms with Gasteiger partial charge in [-0.3, -0.25) is 0 Å². The van der Waals surface area contributed by atoms with Gasteiger partial charge in [0.2, 0.25) is 6.79 Å². The first-order chi connectivity index (χ1) is 5.92. The molecular weight excluding hydrogens is 158 g/mol. The fourth-order valence-electron chi connectivity index (χ4n) is 0.998. The molecule has 12 heavy (non-hydrogen) atoms. The van der Waals surface area contributed by atoms with Gasteiger partial charge in [-0.2, -0.15) is 0 Å². The molecule has 1 aromatic heterocycles. The molecule has 0 spiro atoms. The Labute approximate surface area is 68.1 Å². The van der Waals surface area contributed by atoms with Crippen LogP contribution in [0.1, 0.15) is 0 Å². The van der Waals surface area contributed by atoms with E-state index in [-0.39, 0.29) is 0 Å². The lowest BCUT2D eigenvalue weighted by Gasteiger charge is -1.98. The van der Waals surface area contributed by atoms with E-state index >= 15 is 0 Å². The van der Waals surface area contributed by atoms with Crippen molar-refractivity contribution in [3.8, 4) is 0 Å². The van der Waals surface area contributed by atoms with Gasteiger partial charge in [0.25, 0.3) is 0 Å². The van der Waals surface area contributed by atoms with E-state index in [1.807, 2.05) is 24.3 Å². The number of nitrogens with zero attached hydrogens (tertiary/aromatic N) is 3. The first kappa shape index (κ1) is 7.05. The first-order valence-corrected chi connectivity index (χ1v) is 3.46. The van der Waals surface area contributed by atoms with Gasteiger partial charge >= 0.3 is 0 Å². The highest BCUT2D eigenvalue weighted by Gasteiger charge is 2.01. The van der Waals surface area contributed by atoms with Crippen LogP contribution in [0.2, 0.25) is 0 Å². The van der Waals surface area contributed by atoms with Gasteiger partial charge in [0, 0.05) is 0 Å². The van der Waals surface area contributed by atoms with Crippen LogP contribution in [0.15, 0.2) is 24.3 Å². The summed E-state index contributed by atoms with van der Waals surface area (Å²) in [4.78, 5) is 5.95. The molecule has 0 aliphatic carbocycles. The fraction of sp³-hybridized carbons (Fsp3) is 0.143. The largest absolute Gasteiger partial charge is 0.366 e. The number of hydrogen-bond acceptors (Lipinski definition) is 4. The van der Waals surface area contributed by atoms with Crippen LogP contribution in [-0.4, -0.2) is 27.1 Å². The summed E-state index contributed by atoms with van der Waals surface area (Å²) < 4.78 is 0. The molecule has 2 aromatic rings. The second-order valence-corrected chi connectivity index (χ2v) is 2.21. The lowest BCUT2D eigenvalue weighted by Crippen LogP contribution is -2.13. The Morgan fingerprint density at radius 2 is 2.25 bits per heavy atom. The van der Waals surface area contributed by atoms with Crippen LogP contribution in [0.5, 0.6) is 0 Å². The Morgan fingerprint density at radius 3 is 3.08 bits per heavy atom. The lowest BCUT2D eigenvalue weighted by atomic mass is 10.3. The van der Waals surface area contributed by atoms with Crippen molar-refractivity contribution in [3.63, 3.8) is 0 Å². The van der Waals surface area contributed by atoms with E-state index in [9.17, 15) is 0 Å². The summed E-state index contributed by atoms with van der Waals surface area (Å²) in [6.45, 7) is -0.409. The fourth-order valence-corrected chi connectivity index (χ4v) is 0.998.